The molecule has 0 saturated heterocycles. The summed E-state index contributed by atoms with van der Waals surface area (Å²) in [7, 11) is 0. The number of carbonyl (C=O) groups excluding carboxylic acids is 4. The molecule has 0 heterocycles. The summed E-state index contributed by atoms with van der Waals surface area (Å²) in [5.41, 5.74) is 16.6. The molecule has 0 fully saturated rings. The summed E-state index contributed by atoms with van der Waals surface area (Å²) in [6.07, 6.45) is 3.10. The van der Waals surface area contributed by atoms with Gasteiger partial charge in [-0.3, -0.25) is 19.2 Å². The van der Waals surface area contributed by atoms with Gasteiger partial charge in [0.2, 0.25) is 23.6 Å². The summed E-state index contributed by atoms with van der Waals surface area (Å²) in [4.78, 5) is 61.0. The zero-order chi connectivity index (χ0) is 26.3. The Labute approximate surface area is 204 Å². The number of carboxylic acid groups (broad SMARTS) is 1. The average Bonchev–Trinajstić information content (AvgIpc) is 2.77. The van der Waals surface area contributed by atoms with Gasteiger partial charge in [-0.15, -0.1) is 0 Å². The minimum absolute atomic E-state index is 0.0830. The number of hydrogen-bond donors (Lipinski definition) is 7. The van der Waals surface area contributed by atoms with Crippen LogP contribution in [0, 0.1) is 5.92 Å². The molecule has 4 atom stereocenters. The van der Waals surface area contributed by atoms with Crippen molar-refractivity contribution in [3.63, 3.8) is 0 Å². The second kappa shape index (κ2) is 17.1. The topological polar surface area (TPSA) is 220 Å². The molecule has 0 bridgehead atoms. The molecule has 13 heteroatoms. The van der Waals surface area contributed by atoms with Crippen LogP contribution in [0.25, 0.3) is 0 Å². The highest BCUT2D eigenvalue weighted by molar-refractivity contribution is 7.98. The fraction of sp³-hybridized carbons (Fsp3) is 0.762. The second-order valence-corrected chi connectivity index (χ2v) is 9.35. The van der Waals surface area contributed by atoms with Gasteiger partial charge in [0.25, 0.3) is 0 Å². The standard InChI is InChI=1S/C21H40N6O6S/c1-12(2)17(24)20(31)26-14(7-8-16(23)28)19(30)25-13(6-4-5-10-22)18(29)27-15(21(32)33)9-11-34-3/h12-15,17H,4-11,22,24H2,1-3H3,(H2,23,28)(H,25,30)(H,26,31)(H,27,29)(H,32,33). The normalized spacial score (nSPS) is 14.5. The van der Waals surface area contributed by atoms with Gasteiger partial charge in [0.15, 0.2) is 0 Å². The maximum absolute atomic E-state index is 13.0. The zero-order valence-electron chi connectivity index (χ0n) is 20.2. The maximum Gasteiger partial charge on any atom is 0.326 e. The maximum atomic E-state index is 13.0. The summed E-state index contributed by atoms with van der Waals surface area (Å²) >= 11 is 1.45. The SMILES string of the molecule is CSCCC(NC(=O)C(CCCCN)NC(=O)C(CCC(N)=O)NC(=O)C(N)C(C)C)C(=O)O. The summed E-state index contributed by atoms with van der Waals surface area (Å²) in [6, 6.07) is -4.19. The molecule has 0 aromatic rings. The summed E-state index contributed by atoms with van der Waals surface area (Å²) in [6.45, 7) is 3.88. The van der Waals surface area contributed by atoms with E-state index in [-0.39, 0.29) is 31.6 Å². The van der Waals surface area contributed by atoms with Gasteiger partial charge in [0.1, 0.15) is 18.1 Å². The molecule has 12 nitrogen and oxygen atoms in total. The third-order valence-electron chi connectivity index (χ3n) is 5.14. The number of unbranched alkanes of at least 4 members (excludes halogenated alkanes) is 1. The van der Waals surface area contributed by atoms with E-state index in [4.69, 9.17) is 17.2 Å². The van der Waals surface area contributed by atoms with Crippen LogP contribution in [0.5, 0.6) is 0 Å². The number of nitrogens with one attached hydrogen (secondary N) is 3. The molecule has 0 saturated carbocycles. The first-order valence-electron chi connectivity index (χ1n) is 11.3. The Kier molecular flexibility index (Phi) is 15.9. The third-order valence-corrected chi connectivity index (χ3v) is 5.78. The van der Waals surface area contributed by atoms with E-state index in [0.29, 0.717) is 25.1 Å². The fourth-order valence-electron chi connectivity index (χ4n) is 2.93. The van der Waals surface area contributed by atoms with E-state index in [9.17, 15) is 29.1 Å². The first kappa shape index (κ1) is 31.6. The Balaban J connectivity index is 5.54. The molecule has 4 amide bonds. The van der Waals surface area contributed by atoms with Gasteiger partial charge in [0.05, 0.1) is 6.04 Å². The number of thioether (sulfide) groups is 1. The van der Waals surface area contributed by atoms with Gasteiger partial charge in [-0.25, -0.2) is 4.79 Å². The van der Waals surface area contributed by atoms with Crippen LogP contribution in [-0.4, -0.2) is 77.4 Å². The smallest absolute Gasteiger partial charge is 0.326 e. The molecule has 0 aromatic heterocycles. The van der Waals surface area contributed by atoms with Crippen LogP contribution in [0.3, 0.4) is 0 Å². The molecule has 0 spiro atoms. The lowest BCUT2D eigenvalue weighted by Gasteiger charge is -2.25. The number of hydrogen-bond acceptors (Lipinski definition) is 8. The van der Waals surface area contributed by atoms with E-state index in [1.54, 1.807) is 13.8 Å². The van der Waals surface area contributed by atoms with Crippen LogP contribution in [0.1, 0.15) is 52.4 Å². The number of aliphatic carboxylic acids is 1. The quantitative estimate of drug-likeness (QED) is 0.110. The largest absolute Gasteiger partial charge is 0.480 e. The first-order chi connectivity index (χ1) is 15.9. The van der Waals surface area contributed by atoms with Crippen molar-refractivity contribution in [2.24, 2.45) is 23.1 Å². The highest BCUT2D eigenvalue weighted by Gasteiger charge is 2.30. The van der Waals surface area contributed by atoms with Gasteiger partial charge in [0, 0.05) is 6.42 Å². The molecule has 34 heavy (non-hydrogen) atoms. The predicted octanol–water partition coefficient (Wildman–Crippen LogP) is -1.34. The minimum atomic E-state index is -1.18. The van der Waals surface area contributed by atoms with E-state index in [0.717, 1.165) is 0 Å². The predicted molar refractivity (Wildman–Crippen MR) is 131 cm³/mol. The number of amides is 4. The molecule has 196 valence electrons. The Hall–Kier alpha value is -2.38. The number of primary amides is 1. The summed E-state index contributed by atoms with van der Waals surface area (Å²) < 4.78 is 0. The van der Waals surface area contributed by atoms with E-state index in [2.05, 4.69) is 16.0 Å². The third kappa shape index (κ3) is 12.8. The van der Waals surface area contributed by atoms with Crippen LogP contribution >= 0.6 is 11.8 Å². The molecule has 0 rings (SSSR count). The van der Waals surface area contributed by atoms with Crippen molar-refractivity contribution >= 4 is 41.4 Å². The molecule has 0 aliphatic heterocycles. The lowest BCUT2D eigenvalue weighted by Crippen LogP contribution is -2.57. The van der Waals surface area contributed by atoms with Crippen molar-refractivity contribution in [3.8, 4) is 0 Å². The Bertz CT molecular complexity index is 693. The lowest BCUT2D eigenvalue weighted by atomic mass is 10.0. The van der Waals surface area contributed by atoms with Crippen LogP contribution < -0.4 is 33.2 Å². The number of carboxylic acids is 1. The van der Waals surface area contributed by atoms with Crippen LogP contribution in [0.4, 0.5) is 0 Å². The molecule has 0 aliphatic carbocycles. The molecule has 0 radical (unpaired) electrons. The average molecular weight is 505 g/mol. The van der Waals surface area contributed by atoms with Gasteiger partial charge in [-0.2, -0.15) is 11.8 Å². The monoisotopic (exact) mass is 504 g/mol. The van der Waals surface area contributed by atoms with Gasteiger partial charge < -0.3 is 38.3 Å². The van der Waals surface area contributed by atoms with Crippen molar-refractivity contribution in [2.75, 3.05) is 18.6 Å². The Morgan fingerprint density at radius 2 is 1.38 bits per heavy atom. The molecular weight excluding hydrogens is 464 g/mol. The molecule has 10 N–H and O–H groups in total. The molecule has 4 unspecified atom stereocenters. The first-order valence-corrected chi connectivity index (χ1v) is 12.7. The highest BCUT2D eigenvalue weighted by atomic mass is 32.2. The molecule has 0 aliphatic rings. The molecule has 0 aromatic carbocycles. The van der Waals surface area contributed by atoms with Gasteiger partial charge in [-0.1, -0.05) is 13.8 Å². The Morgan fingerprint density at radius 3 is 1.85 bits per heavy atom. The highest BCUT2D eigenvalue weighted by Crippen LogP contribution is 2.07. The van der Waals surface area contributed by atoms with Crippen molar-refractivity contribution in [3.05, 3.63) is 0 Å². The van der Waals surface area contributed by atoms with E-state index >= 15 is 0 Å². The minimum Gasteiger partial charge on any atom is -0.480 e. The van der Waals surface area contributed by atoms with Crippen LogP contribution in [0.15, 0.2) is 0 Å². The van der Waals surface area contributed by atoms with Crippen molar-refractivity contribution in [2.45, 2.75) is 76.5 Å². The fourth-order valence-corrected chi connectivity index (χ4v) is 3.40. The number of carbonyl (C=O) groups is 5. The van der Waals surface area contributed by atoms with Crippen LogP contribution in [0.2, 0.25) is 0 Å². The van der Waals surface area contributed by atoms with Crippen molar-refractivity contribution in [1.29, 1.82) is 0 Å². The number of rotatable bonds is 18. The van der Waals surface area contributed by atoms with Gasteiger partial charge in [-0.05, 0) is 56.6 Å². The van der Waals surface area contributed by atoms with E-state index in [1.807, 2.05) is 6.26 Å². The van der Waals surface area contributed by atoms with Crippen molar-refractivity contribution in [1.82, 2.24) is 16.0 Å². The van der Waals surface area contributed by atoms with E-state index < -0.39 is 53.8 Å². The van der Waals surface area contributed by atoms with E-state index in [1.165, 1.54) is 11.8 Å². The summed E-state index contributed by atoms with van der Waals surface area (Å²) in [5.74, 6) is -3.43. The Morgan fingerprint density at radius 1 is 0.853 bits per heavy atom. The lowest BCUT2D eigenvalue weighted by molar-refractivity contribution is -0.142. The van der Waals surface area contributed by atoms with Crippen molar-refractivity contribution < 1.29 is 29.1 Å². The van der Waals surface area contributed by atoms with Crippen LogP contribution in [-0.2, 0) is 24.0 Å². The van der Waals surface area contributed by atoms with Gasteiger partial charge >= 0.3 is 5.97 Å². The molecular formula is C21H40N6O6S. The second-order valence-electron chi connectivity index (χ2n) is 8.36. The zero-order valence-corrected chi connectivity index (χ0v) is 21.0. The number of nitrogens with two attached hydrogens (primary N) is 3. The summed E-state index contributed by atoms with van der Waals surface area (Å²) in [5, 5.41) is 17.0.